The first-order chi connectivity index (χ1) is 15.5. The molecule has 2 amide bonds. The van der Waals surface area contributed by atoms with Gasteiger partial charge in [-0.2, -0.15) is 0 Å². The van der Waals surface area contributed by atoms with Gasteiger partial charge < -0.3 is 15.4 Å². The van der Waals surface area contributed by atoms with Crippen molar-refractivity contribution < 1.29 is 19.2 Å². The van der Waals surface area contributed by atoms with E-state index in [9.17, 15) is 19.7 Å². The summed E-state index contributed by atoms with van der Waals surface area (Å²) < 4.78 is 5.20. The van der Waals surface area contributed by atoms with Crippen molar-refractivity contribution in [1.82, 2.24) is 5.32 Å². The highest BCUT2D eigenvalue weighted by Gasteiger charge is 2.19. The lowest BCUT2D eigenvalue weighted by molar-refractivity contribution is -0.387. The summed E-state index contributed by atoms with van der Waals surface area (Å²) >= 11 is 1.04. The molecule has 0 saturated carbocycles. The summed E-state index contributed by atoms with van der Waals surface area (Å²) in [4.78, 5) is 36.0. The number of rotatable bonds is 9. The van der Waals surface area contributed by atoms with Crippen LogP contribution in [-0.2, 0) is 11.3 Å². The van der Waals surface area contributed by atoms with Crippen LogP contribution in [0.2, 0.25) is 0 Å². The predicted octanol–water partition coefficient (Wildman–Crippen LogP) is 4.26. The summed E-state index contributed by atoms with van der Waals surface area (Å²) in [5.74, 6) is -0.259. The van der Waals surface area contributed by atoms with Crippen LogP contribution in [0.5, 0.6) is 5.75 Å². The summed E-state index contributed by atoms with van der Waals surface area (Å²) in [5.41, 5.74) is 1.30. The number of thioether (sulfide) groups is 1. The first-order valence-corrected chi connectivity index (χ1v) is 10.6. The van der Waals surface area contributed by atoms with Crippen molar-refractivity contribution in [1.29, 1.82) is 0 Å². The zero-order chi connectivity index (χ0) is 22.9. The Morgan fingerprint density at radius 2 is 1.75 bits per heavy atom. The van der Waals surface area contributed by atoms with Gasteiger partial charge in [0, 0.05) is 18.2 Å². The summed E-state index contributed by atoms with van der Waals surface area (Å²) in [6.45, 7) is 0.379. The Kier molecular flexibility index (Phi) is 7.82. The molecule has 3 rings (SSSR count). The van der Waals surface area contributed by atoms with Crippen LogP contribution < -0.4 is 15.4 Å². The summed E-state index contributed by atoms with van der Waals surface area (Å²) in [6.07, 6.45) is 0. The Hall–Kier alpha value is -3.85. The number of anilines is 1. The second kappa shape index (κ2) is 11.0. The number of hydrogen-bond donors (Lipinski definition) is 2. The molecule has 0 aromatic heterocycles. The highest BCUT2D eigenvalue weighted by Crippen LogP contribution is 2.31. The number of carbonyl (C=O) groups is 2. The molecule has 0 fully saturated rings. The maximum absolute atomic E-state index is 12.6. The molecule has 0 aliphatic carbocycles. The van der Waals surface area contributed by atoms with Crippen molar-refractivity contribution >= 4 is 35.0 Å². The van der Waals surface area contributed by atoms with Gasteiger partial charge in [-0.05, 0) is 29.8 Å². The molecule has 3 aromatic carbocycles. The highest BCUT2D eigenvalue weighted by molar-refractivity contribution is 8.00. The standard InChI is InChI=1S/C23H21N3O5S/c1-31-20-10-6-5-9-18(20)25-23(28)17-11-12-21(19(13-17)26(29)30)32-15-22(27)24-14-16-7-3-2-4-8-16/h2-13H,14-15H2,1H3,(H,24,27)(H,25,28). The number of nitrogens with one attached hydrogen (secondary N) is 2. The Bertz CT molecular complexity index is 1120. The van der Waals surface area contributed by atoms with Crippen LogP contribution in [0.1, 0.15) is 15.9 Å². The van der Waals surface area contributed by atoms with E-state index in [-0.39, 0.29) is 22.9 Å². The lowest BCUT2D eigenvalue weighted by Crippen LogP contribution is -2.24. The number of methoxy groups -OCH3 is 1. The van der Waals surface area contributed by atoms with E-state index in [1.54, 1.807) is 24.3 Å². The van der Waals surface area contributed by atoms with E-state index in [2.05, 4.69) is 10.6 Å². The molecule has 0 heterocycles. The van der Waals surface area contributed by atoms with E-state index in [0.29, 0.717) is 22.9 Å². The van der Waals surface area contributed by atoms with Crippen LogP contribution in [0.15, 0.2) is 77.7 Å². The SMILES string of the molecule is COc1ccccc1NC(=O)c1ccc(SCC(=O)NCc2ccccc2)c([N+](=O)[O-])c1. The number of nitro benzene ring substituents is 1. The fourth-order valence-electron chi connectivity index (χ4n) is 2.86. The van der Waals surface area contributed by atoms with Gasteiger partial charge in [-0.1, -0.05) is 42.5 Å². The fourth-order valence-corrected chi connectivity index (χ4v) is 3.69. The van der Waals surface area contributed by atoms with Crippen LogP contribution in [0.4, 0.5) is 11.4 Å². The molecule has 0 aliphatic heterocycles. The molecule has 32 heavy (non-hydrogen) atoms. The van der Waals surface area contributed by atoms with Gasteiger partial charge in [0.2, 0.25) is 5.91 Å². The summed E-state index contributed by atoms with van der Waals surface area (Å²) in [7, 11) is 1.48. The monoisotopic (exact) mass is 451 g/mol. The lowest BCUT2D eigenvalue weighted by Gasteiger charge is -2.10. The van der Waals surface area contributed by atoms with Gasteiger partial charge >= 0.3 is 0 Å². The summed E-state index contributed by atoms with van der Waals surface area (Å²) in [5, 5.41) is 17.0. The van der Waals surface area contributed by atoms with E-state index in [4.69, 9.17) is 4.74 Å². The Morgan fingerprint density at radius 1 is 1.03 bits per heavy atom. The molecule has 8 nitrogen and oxygen atoms in total. The van der Waals surface area contributed by atoms with Gasteiger partial charge in [0.05, 0.1) is 28.4 Å². The number of nitrogens with zero attached hydrogens (tertiary/aromatic N) is 1. The van der Waals surface area contributed by atoms with E-state index in [1.165, 1.54) is 25.3 Å². The maximum atomic E-state index is 12.6. The second-order valence-corrected chi connectivity index (χ2v) is 7.66. The van der Waals surface area contributed by atoms with E-state index in [1.807, 2.05) is 30.3 Å². The molecule has 3 aromatic rings. The third-order valence-electron chi connectivity index (χ3n) is 4.46. The van der Waals surface area contributed by atoms with Gasteiger partial charge in [0.15, 0.2) is 0 Å². The zero-order valence-electron chi connectivity index (χ0n) is 17.2. The van der Waals surface area contributed by atoms with E-state index in [0.717, 1.165) is 17.3 Å². The van der Waals surface area contributed by atoms with Gasteiger partial charge in [-0.3, -0.25) is 19.7 Å². The minimum Gasteiger partial charge on any atom is -0.495 e. The summed E-state index contributed by atoms with van der Waals surface area (Å²) in [6, 6.07) is 20.5. The number of ether oxygens (including phenoxy) is 1. The molecular formula is C23H21N3O5S. The normalized spacial score (nSPS) is 10.3. The molecule has 0 radical (unpaired) electrons. The smallest absolute Gasteiger partial charge is 0.283 e. The minimum absolute atomic E-state index is 0.0143. The molecular weight excluding hydrogens is 430 g/mol. The third-order valence-corrected chi connectivity index (χ3v) is 5.53. The number of hydrogen-bond acceptors (Lipinski definition) is 6. The molecule has 2 N–H and O–H groups in total. The molecule has 164 valence electrons. The number of amides is 2. The number of para-hydroxylation sites is 2. The van der Waals surface area contributed by atoms with Crippen LogP contribution >= 0.6 is 11.8 Å². The zero-order valence-corrected chi connectivity index (χ0v) is 18.1. The van der Waals surface area contributed by atoms with Crippen molar-refractivity contribution in [2.75, 3.05) is 18.2 Å². The largest absolute Gasteiger partial charge is 0.495 e. The van der Waals surface area contributed by atoms with Crippen LogP contribution in [-0.4, -0.2) is 29.6 Å². The van der Waals surface area contributed by atoms with Crippen LogP contribution in [0.25, 0.3) is 0 Å². The minimum atomic E-state index is -0.565. The van der Waals surface area contributed by atoms with Gasteiger partial charge in [0.25, 0.3) is 11.6 Å². The first kappa shape index (κ1) is 22.8. The molecule has 0 atom stereocenters. The van der Waals surface area contributed by atoms with Gasteiger partial charge in [-0.15, -0.1) is 11.8 Å². The van der Waals surface area contributed by atoms with Crippen molar-refractivity contribution in [3.8, 4) is 5.75 Å². The second-order valence-electron chi connectivity index (χ2n) is 6.65. The van der Waals surface area contributed by atoms with Crippen LogP contribution in [0, 0.1) is 10.1 Å². The van der Waals surface area contributed by atoms with E-state index < -0.39 is 10.8 Å². The third kappa shape index (κ3) is 6.08. The molecule has 0 unspecified atom stereocenters. The topological polar surface area (TPSA) is 111 Å². The Balaban J connectivity index is 1.65. The van der Waals surface area contributed by atoms with Crippen LogP contribution in [0.3, 0.4) is 0 Å². The van der Waals surface area contributed by atoms with Crippen molar-refractivity contribution in [2.45, 2.75) is 11.4 Å². The Morgan fingerprint density at radius 3 is 2.47 bits per heavy atom. The molecule has 9 heteroatoms. The van der Waals surface area contributed by atoms with Gasteiger partial charge in [-0.25, -0.2) is 0 Å². The molecule has 0 bridgehead atoms. The quantitative estimate of drug-likeness (QED) is 0.286. The average Bonchev–Trinajstić information content (AvgIpc) is 2.82. The van der Waals surface area contributed by atoms with Crippen molar-refractivity contribution in [3.63, 3.8) is 0 Å². The fraction of sp³-hybridized carbons (Fsp3) is 0.130. The number of nitro groups is 1. The molecule has 0 spiro atoms. The van der Waals surface area contributed by atoms with Gasteiger partial charge in [0.1, 0.15) is 5.75 Å². The molecule has 0 aliphatic rings. The lowest BCUT2D eigenvalue weighted by atomic mass is 10.2. The number of benzene rings is 3. The Labute approximate surface area is 189 Å². The average molecular weight is 452 g/mol. The highest BCUT2D eigenvalue weighted by atomic mass is 32.2. The molecule has 0 saturated heterocycles. The van der Waals surface area contributed by atoms with Crippen molar-refractivity contribution in [2.24, 2.45) is 0 Å². The maximum Gasteiger partial charge on any atom is 0.283 e. The van der Waals surface area contributed by atoms with Crippen molar-refractivity contribution in [3.05, 3.63) is 94.0 Å². The number of carbonyl (C=O) groups excluding carboxylic acids is 2. The first-order valence-electron chi connectivity index (χ1n) is 9.64. The predicted molar refractivity (Wildman–Crippen MR) is 123 cm³/mol. The van der Waals surface area contributed by atoms with E-state index >= 15 is 0 Å².